The zero-order valence-electron chi connectivity index (χ0n) is 13.1. The minimum atomic E-state index is -0.962. The lowest BCUT2D eigenvalue weighted by Gasteiger charge is -2.15. The zero-order chi connectivity index (χ0) is 17.6. The van der Waals surface area contributed by atoms with Crippen LogP contribution in [-0.4, -0.2) is 11.1 Å². The maximum atomic E-state index is 11.1. The second-order valence-corrected chi connectivity index (χ2v) is 5.83. The smallest absolute Gasteiger partial charge is 0.335 e. The molecule has 122 valence electrons. The minimum absolute atomic E-state index is 0.232. The fourth-order valence-corrected chi connectivity index (χ4v) is 3.00. The summed E-state index contributed by atoms with van der Waals surface area (Å²) in [5.74, 6) is -0.376. The molecular weight excluding hydrogens is 316 g/mol. The van der Waals surface area contributed by atoms with Crippen molar-refractivity contribution >= 4 is 22.6 Å². The highest BCUT2D eigenvalue weighted by atomic mass is 16.4. The molecule has 0 saturated heterocycles. The molecule has 0 radical (unpaired) electrons. The molecule has 5 heteroatoms. The van der Waals surface area contributed by atoms with Gasteiger partial charge in [0.25, 0.3) is 0 Å². The number of nitrogens with one attached hydrogen (secondary N) is 1. The maximum absolute atomic E-state index is 11.1. The fourth-order valence-electron chi connectivity index (χ4n) is 3.00. The molecule has 0 aromatic heterocycles. The van der Waals surface area contributed by atoms with Crippen molar-refractivity contribution in [3.8, 4) is 22.5 Å². The fraction of sp³-hybridized carbons (Fsp3) is 0. The zero-order valence-corrected chi connectivity index (χ0v) is 13.1. The summed E-state index contributed by atoms with van der Waals surface area (Å²) in [7, 11) is 0. The predicted octanol–water partition coefficient (Wildman–Crippen LogP) is 3.96. The summed E-state index contributed by atoms with van der Waals surface area (Å²) in [6, 6.07) is 17.4. The molecule has 2 aromatic rings. The van der Waals surface area contributed by atoms with E-state index in [9.17, 15) is 4.79 Å². The molecule has 4 N–H and O–H groups in total. The summed E-state index contributed by atoms with van der Waals surface area (Å²) < 4.78 is 5.94. The van der Waals surface area contributed by atoms with E-state index in [-0.39, 0.29) is 5.56 Å². The summed E-state index contributed by atoms with van der Waals surface area (Å²) in [6.45, 7) is 0. The van der Waals surface area contributed by atoms with Crippen LogP contribution in [0, 0.1) is 5.41 Å². The molecule has 5 nitrogen and oxygen atoms in total. The van der Waals surface area contributed by atoms with Crippen LogP contribution in [0.4, 0.5) is 5.69 Å². The number of carboxylic acids is 1. The Morgan fingerprint density at radius 1 is 1.00 bits per heavy atom. The third kappa shape index (κ3) is 2.52. The number of nitrogen functional groups attached to an aromatic ring is 1. The SMILES string of the molecule is N=c1ccc2c(-c3ccc(C(=O)O)cc3)c3ccc(N)cc3oc-2c1. The van der Waals surface area contributed by atoms with Crippen LogP contribution in [0.5, 0.6) is 0 Å². The first kappa shape index (κ1) is 15.0. The summed E-state index contributed by atoms with van der Waals surface area (Å²) in [6.07, 6.45) is 0. The van der Waals surface area contributed by atoms with Crippen molar-refractivity contribution in [1.29, 1.82) is 5.41 Å². The number of nitrogens with two attached hydrogens (primary N) is 1. The van der Waals surface area contributed by atoms with Crippen LogP contribution in [0.1, 0.15) is 10.4 Å². The molecule has 2 aliphatic rings. The van der Waals surface area contributed by atoms with Gasteiger partial charge in [0.05, 0.1) is 10.9 Å². The first-order chi connectivity index (χ1) is 12.0. The molecule has 0 atom stereocenters. The van der Waals surface area contributed by atoms with Crippen molar-refractivity contribution in [2.45, 2.75) is 0 Å². The van der Waals surface area contributed by atoms with E-state index in [1.165, 1.54) is 0 Å². The average molecular weight is 330 g/mol. The standard InChI is InChI=1S/C20H14N2O3/c21-13-5-7-15-17(9-13)25-18-10-14(22)6-8-16(18)19(15)11-1-3-12(4-2-11)20(23)24/h1-10,21H,22H2,(H,23,24). The molecule has 1 aliphatic heterocycles. The van der Waals surface area contributed by atoms with Crippen LogP contribution in [0.2, 0.25) is 0 Å². The highest BCUT2D eigenvalue weighted by Gasteiger charge is 2.17. The number of hydrogen-bond donors (Lipinski definition) is 3. The molecule has 2 aromatic carbocycles. The van der Waals surface area contributed by atoms with E-state index >= 15 is 0 Å². The van der Waals surface area contributed by atoms with Crippen molar-refractivity contribution < 1.29 is 14.3 Å². The molecule has 1 aliphatic carbocycles. The Morgan fingerprint density at radius 3 is 2.48 bits per heavy atom. The quantitative estimate of drug-likeness (QED) is 0.382. The number of fused-ring (bicyclic) bond motifs is 2. The summed E-state index contributed by atoms with van der Waals surface area (Å²) in [5.41, 5.74) is 9.97. The van der Waals surface area contributed by atoms with E-state index in [2.05, 4.69) is 0 Å². The molecular formula is C20H14N2O3. The van der Waals surface area contributed by atoms with Gasteiger partial charge in [0.1, 0.15) is 11.3 Å². The monoisotopic (exact) mass is 330 g/mol. The van der Waals surface area contributed by atoms with E-state index < -0.39 is 5.97 Å². The van der Waals surface area contributed by atoms with Crippen molar-refractivity contribution in [3.63, 3.8) is 0 Å². The van der Waals surface area contributed by atoms with Gasteiger partial charge in [-0.3, -0.25) is 0 Å². The number of carboxylic acid groups (broad SMARTS) is 1. The number of rotatable bonds is 2. The van der Waals surface area contributed by atoms with E-state index in [1.54, 1.807) is 48.5 Å². The Balaban J connectivity index is 2.09. The van der Waals surface area contributed by atoms with Gasteiger partial charge < -0.3 is 20.7 Å². The van der Waals surface area contributed by atoms with Gasteiger partial charge in [-0.25, -0.2) is 4.79 Å². The summed E-state index contributed by atoms with van der Waals surface area (Å²) in [5, 5.41) is 18.2. The van der Waals surface area contributed by atoms with Gasteiger partial charge in [-0.2, -0.15) is 0 Å². The lowest BCUT2D eigenvalue weighted by molar-refractivity contribution is 0.0697. The van der Waals surface area contributed by atoms with Crippen LogP contribution in [-0.2, 0) is 0 Å². The topological polar surface area (TPSA) is 100 Å². The second-order valence-electron chi connectivity index (χ2n) is 5.83. The number of aromatic carboxylic acids is 1. The normalized spacial score (nSPS) is 11.0. The predicted molar refractivity (Wildman–Crippen MR) is 95.5 cm³/mol. The average Bonchev–Trinajstić information content (AvgIpc) is 2.59. The van der Waals surface area contributed by atoms with E-state index in [4.69, 9.17) is 20.7 Å². The van der Waals surface area contributed by atoms with E-state index in [0.717, 1.165) is 22.1 Å². The second kappa shape index (κ2) is 5.49. The Kier molecular flexibility index (Phi) is 3.28. The molecule has 1 heterocycles. The minimum Gasteiger partial charge on any atom is -0.478 e. The molecule has 0 fully saturated rings. The third-order valence-corrected chi connectivity index (χ3v) is 4.17. The highest BCUT2D eigenvalue weighted by Crippen LogP contribution is 2.40. The van der Waals surface area contributed by atoms with Crippen molar-refractivity contribution in [2.75, 3.05) is 5.73 Å². The number of carbonyl (C=O) groups is 1. The van der Waals surface area contributed by atoms with Gasteiger partial charge in [-0.1, -0.05) is 12.1 Å². The van der Waals surface area contributed by atoms with Crippen LogP contribution in [0.25, 0.3) is 33.4 Å². The molecule has 25 heavy (non-hydrogen) atoms. The van der Waals surface area contributed by atoms with E-state index in [1.807, 2.05) is 12.1 Å². The van der Waals surface area contributed by atoms with Crippen LogP contribution < -0.4 is 11.1 Å². The van der Waals surface area contributed by atoms with Crippen molar-refractivity contribution in [3.05, 3.63) is 71.6 Å². The molecule has 4 rings (SSSR count). The van der Waals surface area contributed by atoms with Crippen LogP contribution >= 0.6 is 0 Å². The lowest BCUT2D eigenvalue weighted by Crippen LogP contribution is -2.00. The Bertz CT molecular complexity index is 1140. The van der Waals surface area contributed by atoms with Crippen LogP contribution in [0.3, 0.4) is 0 Å². The molecule has 0 amide bonds. The van der Waals surface area contributed by atoms with Crippen LogP contribution in [0.15, 0.2) is 65.1 Å². The van der Waals surface area contributed by atoms with Gasteiger partial charge in [0.2, 0.25) is 0 Å². The Hall–Kier alpha value is -3.60. The summed E-state index contributed by atoms with van der Waals surface area (Å²) >= 11 is 0. The van der Waals surface area contributed by atoms with E-state index in [0.29, 0.717) is 22.4 Å². The third-order valence-electron chi connectivity index (χ3n) is 4.17. The maximum Gasteiger partial charge on any atom is 0.335 e. The van der Waals surface area contributed by atoms with Gasteiger partial charge in [-0.05, 0) is 42.0 Å². The van der Waals surface area contributed by atoms with Gasteiger partial charge >= 0.3 is 5.97 Å². The molecule has 0 bridgehead atoms. The first-order valence-electron chi connectivity index (χ1n) is 7.67. The lowest BCUT2D eigenvalue weighted by atomic mass is 9.93. The van der Waals surface area contributed by atoms with Gasteiger partial charge in [-0.15, -0.1) is 0 Å². The number of anilines is 1. The number of benzene rings is 3. The number of hydrogen-bond acceptors (Lipinski definition) is 4. The Labute approximate surface area is 142 Å². The van der Waals surface area contributed by atoms with Gasteiger partial charge in [0.15, 0.2) is 0 Å². The van der Waals surface area contributed by atoms with Gasteiger partial charge in [0, 0.05) is 34.3 Å². The largest absolute Gasteiger partial charge is 0.478 e. The molecule has 0 spiro atoms. The highest BCUT2D eigenvalue weighted by molar-refractivity contribution is 6.02. The van der Waals surface area contributed by atoms with Crippen molar-refractivity contribution in [2.24, 2.45) is 0 Å². The molecule has 0 saturated carbocycles. The Morgan fingerprint density at radius 2 is 1.76 bits per heavy atom. The summed E-state index contributed by atoms with van der Waals surface area (Å²) in [4.78, 5) is 11.1. The molecule has 0 unspecified atom stereocenters. The van der Waals surface area contributed by atoms with Crippen molar-refractivity contribution in [1.82, 2.24) is 0 Å². The first-order valence-corrected chi connectivity index (χ1v) is 7.67.